The first kappa shape index (κ1) is 33.8. The minimum absolute atomic E-state index is 0.0111. The standard InChI is InChI=1S/C48H42BClN6/c1-46(2,3)31-13-10-25-19-34-35(22-28(25)16-31)41-51-40(34)52-43-38-23-29-17-32(47(4,5)6)15-12-27(29)21-37(38)44-54-45-39-24-30-18-33(48(7,8)9)14-11-26(30)20-36(39)42(53-41)55(45)49(50)56(43)44/h10-24H,1-9H3. The number of amidine groups is 2. The van der Waals surface area contributed by atoms with Crippen molar-refractivity contribution >= 4 is 95.0 Å². The molecule has 0 N–H and O–H groups in total. The van der Waals surface area contributed by atoms with Gasteiger partial charge in [0.25, 0.3) is 0 Å². The van der Waals surface area contributed by atoms with Crippen molar-refractivity contribution in [3.05, 3.63) is 130 Å². The molecule has 3 aliphatic heterocycles. The fraction of sp³-hybridized carbons (Fsp3) is 0.250. The Bertz CT molecular complexity index is 3320. The number of halogens is 1. The molecule has 3 aliphatic rings. The van der Waals surface area contributed by atoms with Gasteiger partial charge < -0.3 is 8.96 Å². The normalized spacial score (nSPS) is 15.1. The topological polar surface area (TPSA) is 59.3 Å². The van der Waals surface area contributed by atoms with Crippen molar-refractivity contribution in [2.75, 3.05) is 0 Å². The van der Waals surface area contributed by atoms with E-state index < -0.39 is 6.40 Å². The van der Waals surface area contributed by atoms with Gasteiger partial charge in [0.1, 0.15) is 22.6 Å². The number of hydrogen-bond acceptors (Lipinski definition) is 4. The van der Waals surface area contributed by atoms with E-state index in [1.807, 2.05) is 0 Å². The first-order valence-corrected chi connectivity index (χ1v) is 20.0. The van der Waals surface area contributed by atoms with Gasteiger partial charge in [-0.2, -0.15) is 0 Å². The zero-order valence-corrected chi connectivity index (χ0v) is 34.1. The summed E-state index contributed by atoms with van der Waals surface area (Å²) >= 11 is 7.77. The molecule has 0 fully saturated rings. The molecule has 0 spiro atoms. The number of nitrogens with zero attached hydrogens (tertiary/aromatic N) is 6. The summed E-state index contributed by atoms with van der Waals surface area (Å²) in [4.78, 5) is 21.7. The lowest BCUT2D eigenvalue weighted by molar-refractivity contribution is 0.591. The third-order valence-electron chi connectivity index (χ3n) is 12.2. The van der Waals surface area contributed by atoms with Gasteiger partial charge in [-0.1, -0.05) is 117 Å². The van der Waals surface area contributed by atoms with E-state index in [9.17, 15) is 0 Å². The first-order valence-electron chi connectivity index (χ1n) is 19.6. The minimum atomic E-state index is -0.675. The van der Waals surface area contributed by atoms with Crippen LogP contribution in [0.2, 0.25) is 0 Å². The molecule has 8 heteroatoms. The largest absolute Gasteiger partial charge is 0.499 e. The van der Waals surface area contributed by atoms with Gasteiger partial charge in [-0.3, -0.25) is 0 Å². The molecule has 0 atom stereocenters. The Hall–Kier alpha value is -5.53. The van der Waals surface area contributed by atoms with Crippen molar-refractivity contribution in [1.82, 2.24) is 8.96 Å². The van der Waals surface area contributed by atoms with Gasteiger partial charge in [0.15, 0.2) is 11.7 Å². The molecule has 56 heavy (non-hydrogen) atoms. The van der Waals surface area contributed by atoms with Gasteiger partial charge in [-0.05, 0) is 102 Å². The van der Waals surface area contributed by atoms with Crippen molar-refractivity contribution in [1.29, 1.82) is 0 Å². The predicted octanol–water partition coefficient (Wildman–Crippen LogP) is 11.3. The summed E-state index contributed by atoms with van der Waals surface area (Å²) in [7, 11) is 0. The van der Waals surface area contributed by atoms with Gasteiger partial charge in [0.2, 0.25) is 0 Å². The molecule has 2 aromatic heterocycles. The van der Waals surface area contributed by atoms with E-state index in [1.54, 1.807) is 0 Å². The minimum Gasteiger partial charge on any atom is -0.319 e. The predicted molar refractivity (Wildman–Crippen MR) is 236 cm³/mol. The van der Waals surface area contributed by atoms with E-state index in [1.165, 1.54) is 16.7 Å². The zero-order chi connectivity index (χ0) is 38.8. The molecule has 6 aromatic carbocycles. The van der Waals surface area contributed by atoms with Crippen molar-refractivity contribution in [3.8, 4) is 0 Å². The van der Waals surface area contributed by atoms with Gasteiger partial charge in [-0.15, -0.1) is 11.5 Å². The Morgan fingerprint density at radius 1 is 0.411 bits per heavy atom. The highest BCUT2D eigenvalue weighted by molar-refractivity contribution is 7.05. The van der Waals surface area contributed by atoms with Gasteiger partial charge in [0.05, 0.1) is 0 Å². The van der Waals surface area contributed by atoms with Crippen LogP contribution in [0, 0.1) is 0 Å². The summed E-state index contributed by atoms with van der Waals surface area (Å²) in [6, 6.07) is 33.9. The second-order valence-electron chi connectivity index (χ2n) is 19.1. The van der Waals surface area contributed by atoms with E-state index in [-0.39, 0.29) is 16.2 Å². The van der Waals surface area contributed by atoms with E-state index in [0.29, 0.717) is 11.7 Å². The number of aliphatic imine (C=N–C) groups is 2. The average Bonchev–Trinajstić information content (AvgIpc) is 3.74. The van der Waals surface area contributed by atoms with Crippen molar-refractivity contribution in [2.45, 2.75) is 78.6 Å². The quantitative estimate of drug-likeness (QED) is 0.139. The summed E-state index contributed by atoms with van der Waals surface area (Å²) in [5.41, 5.74) is 7.36. The molecule has 6 nitrogen and oxygen atoms in total. The van der Waals surface area contributed by atoms with E-state index in [4.69, 9.17) is 31.4 Å². The van der Waals surface area contributed by atoms with Crippen LogP contribution in [0.15, 0.2) is 111 Å². The van der Waals surface area contributed by atoms with Crippen LogP contribution in [0.5, 0.6) is 0 Å². The Balaban J connectivity index is 1.29. The van der Waals surface area contributed by atoms with Crippen LogP contribution in [0.1, 0.15) is 90.1 Å². The Kier molecular flexibility index (Phi) is 6.55. The van der Waals surface area contributed by atoms with Gasteiger partial charge in [0, 0.05) is 32.7 Å². The van der Waals surface area contributed by atoms with Crippen molar-refractivity contribution in [3.63, 3.8) is 0 Å². The van der Waals surface area contributed by atoms with Crippen LogP contribution < -0.4 is 11.0 Å². The van der Waals surface area contributed by atoms with Gasteiger partial charge in [-0.25, -0.2) is 20.0 Å². The lowest BCUT2D eigenvalue weighted by Crippen LogP contribution is -2.44. The lowest BCUT2D eigenvalue weighted by Gasteiger charge is -2.19. The summed E-state index contributed by atoms with van der Waals surface area (Å²) in [6.45, 7) is 20.3. The third-order valence-corrected chi connectivity index (χ3v) is 12.5. The van der Waals surface area contributed by atoms with Crippen LogP contribution in [-0.2, 0) is 16.2 Å². The molecule has 8 aromatic rings. The molecule has 4 bridgehead atoms. The smallest absolute Gasteiger partial charge is 0.319 e. The van der Waals surface area contributed by atoms with Crippen LogP contribution in [0.25, 0.3) is 53.9 Å². The van der Waals surface area contributed by atoms with Crippen molar-refractivity contribution < 1.29 is 0 Å². The number of fused-ring (bicyclic) bond motifs is 13. The van der Waals surface area contributed by atoms with Crippen LogP contribution in [0.3, 0.4) is 0 Å². The second kappa shape index (κ2) is 10.9. The van der Waals surface area contributed by atoms with Gasteiger partial charge >= 0.3 is 6.40 Å². The third kappa shape index (κ3) is 4.76. The summed E-state index contributed by atoms with van der Waals surface area (Å²) in [5.74, 6) is 2.79. The first-order chi connectivity index (χ1) is 26.5. The molecule has 0 saturated carbocycles. The SMILES string of the molecule is CC(C)(C)c1ccc2cc3c(cc2c1)C1=Nc2c4cc5ccc(C(C)(C)C)cc5cc4c4n2B(Cl)n2c(c5cc6cc(C(C)(C)C)ccc6cc5c2=N4)=NC3=N1. The van der Waals surface area contributed by atoms with Crippen LogP contribution in [-0.4, -0.2) is 27.0 Å². The molecule has 0 aliphatic carbocycles. The van der Waals surface area contributed by atoms with Crippen LogP contribution >= 0.6 is 11.5 Å². The number of rotatable bonds is 0. The molecule has 274 valence electrons. The maximum Gasteiger partial charge on any atom is 0.499 e. The van der Waals surface area contributed by atoms with Crippen LogP contribution in [0.4, 0.5) is 11.6 Å². The molecule has 0 amide bonds. The highest BCUT2D eigenvalue weighted by Crippen LogP contribution is 2.44. The highest BCUT2D eigenvalue weighted by Gasteiger charge is 2.36. The summed E-state index contributed by atoms with van der Waals surface area (Å²) in [5, 5.41) is 10.9. The fourth-order valence-corrected chi connectivity index (χ4v) is 9.16. The Labute approximate surface area is 331 Å². The molecular weight excluding hydrogens is 707 g/mol. The maximum atomic E-state index is 7.77. The van der Waals surface area contributed by atoms with E-state index in [0.717, 1.165) is 87.6 Å². The Morgan fingerprint density at radius 2 is 0.804 bits per heavy atom. The lowest BCUT2D eigenvalue weighted by atomic mass is 9.85. The highest BCUT2D eigenvalue weighted by atomic mass is 35.5. The summed E-state index contributed by atoms with van der Waals surface area (Å²) in [6.07, 6.45) is -0.675. The molecule has 0 radical (unpaired) electrons. The van der Waals surface area contributed by atoms with E-state index in [2.05, 4.69) is 162 Å². The zero-order valence-electron chi connectivity index (χ0n) is 33.3. The Morgan fingerprint density at radius 3 is 1.34 bits per heavy atom. The maximum absolute atomic E-state index is 7.77. The number of aromatic nitrogens is 2. The average molecular weight is 749 g/mol. The molecular formula is C48H42BClN6. The second-order valence-corrected chi connectivity index (χ2v) is 19.5. The molecule has 0 saturated heterocycles. The number of hydrogen-bond donors (Lipinski definition) is 0. The monoisotopic (exact) mass is 748 g/mol. The van der Waals surface area contributed by atoms with Crippen molar-refractivity contribution in [2.24, 2.45) is 20.0 Å². The van der Waals surface area contributed by atoms with E-state index >= 15 is 0 Å². The summed E-state index contributed by atoms with van der Waals surface area (Å²) < 4.78 is 4.17. The molecule has 5 heterocycles. The molecule has 0 unspecified atom stereocenters. The number of benzene rings is 6. The molecule has 11 rings (SSSR count). The fourth-order valence-electron chi connectivity index (χ4n) is 8.79.